The highest BCUT2D eigenvalue weighted by Gasteiger charge is 2.32. The largest absolute Gasteiger partial charge is 0.573 e. The Hall–Kier alpha value is -3.55. The van der Waals surface area contributed by atoms with Crippen LogP contribution in [0, 0.1) is 0 Å². The Kier molecular flexibility index (Phi) is 6.16. The van der Waals surface area contributed by atoms with Gasteiger partial charge in [-0.3, -0.25) is 4.98 Å². The molecule has 0 unspecified atom stereocenters. The fourth-order valence-corrected chi connectivity index (χ4v) is 4.10. The normalized spacial score (nSPS) is 14.6. The van der Waals surface area contributed by atoms with Crippen molar-refractivity contribution in [1.29, 1.82) is 0 Å². The maximum Gasteiger partial charge on any atom is 0.573 e. The maximum atomic E-state index is 12.6. The summed E-state index contributed by atoms with van der Waals surface area (Å²) < 4.78 is 67.7. The number of hydrogen-bond donors (Lipinski definition) is 2. The van der Waals surface area contributed by atoms with E-state index in [0.717, 1.165) is 18.2 Å². The minimum absolute atomic E-state index is 0.0444. The van der Waals surface area contributed by atoms with Gasteiger partial charge in [0.15, 0.2) is 0 Å². The number of sulfonamides is 1. The number of benzene rings is 1. The second-order valence-corrected chi connectivity index (χ2v) is 8.44. The predicted octanol–water partition coefficient (Wildman–Crippen LogP) is 2.47. The van der Waals surface area contributed by atoms with Crippen molar-refractivity contribution in [3.63, 3.8) is 0 Å². The lowest BCUT2D eigenvalue weighted by molar-refractivity contribution is -0.274. The van der Waals surface area contributed by atoms with Crippen molar-refractivity contribution >= 4 is 22.1 Å². The molecule has 3 rings (SSSR count). The quantitative estimate of drug-likeness (QED) is 0.658. The van der Waals surface area contributed by atoms with Gasteiger partial charge in [0.25, 0.3) is 10.0 Å². The van der Waals surface area contributed by atoms with Crippen molar-refractivity contribution in [2.24, 2.45) is 0 Å². The number of rotatable bonds is 6. The number of aromatic nitrogens is 1. The van der Waals surface area contributed by atoms with Crippen LogP contribution in [0.15, 0.2) is 41.4 Å². The minimum Gasteiger partial charge on any atom is -0.464 e. The molecule has 1 aromatic heterocycles. The molecule has 0 atom stereocenters. The van der Waals surface area contributed by atoms with E-state index in [2.05, 4.69) is 9.72 Å². The molecule has 1 aromatic carbocycles. The Labute approximate surface area is 180 Å². The zero-order valence-corrected chi connectivity index (χ0v) is 17.3. The first-order valence-corrected chi connectivity index (χ1v) is 10.4. The van der Waals surface area contributed by atoms with E-state index < -0.39 is 33.1 Å². The molecule has 2 N–H and O–H groups in total. The molecular weight excluding hydrogens is 457 g/mol. The molecule has 0 saturated carbocycles. The number of carbonyl (C=O) groups excluding carboxylic acids is 1. The smallest absolute Gasteiger partial charge is 0.464 e. The molecule has 0 bridgehead atoms. The van der Waals surface area contributed by atoms with Crippen molar-refractivity contribution in [1.82, 2.24) is 19.5 Å². The van der Waals surface area contributed by atoms with E-state index in [1.807, 2.05) is 0 Å². The number of alkyl halides is 3. The molecule has 2 heterocycles. The number of carbonyl (C=O) groups is 2. The summed E-state index contributed by atoms with van der Waals surface area (Å²) in [4.78, 5) is 29.4. The number of halogens is 3. The number of carboxylic acid groups (broad SMARTS) is 1. The van der Waals surface area contributed by atoms with Crippen LogP contribution in [0.2, 0.25) is 0 Å². The number of likely N-dealkylation sites (N-methyl/N-ethyl adjacent to an activating group) is 1. The Bertz CT molecular complexity index is 1140. The molecule has 1 aliphatic heterocycles. The molecule has 1 saturated heterocycles. The highest BCUT2D eigenvalue weighted by atomic mass is 32.2. The number of pyridine rings is 1. The number of ether oxygens (including phenoxy) is 1. The first kappa shape index (κ1) is 23.1. The van der Waals surface area contributed by atoms with E-state index in [4.69, 9.17) is 5.11 Å². The van der Waals surface area contributed by atoms with E-state index in [0.29, 0.717) is 18.7 Å². The SMILES string of the molecule is CN1CCN(Cc2ccc(-c3cc(OC(F)(F)F)ccc3S(=O)(=O)NC(=O)O)nc2)C1=O. The fraction of sp³-hybridized carbons (Fsp3) is 0.278. The summed E-state index contributed by atoms with van der Waals surface area (Å²) in [5.41, 5.74) is 0.259. The van der Waals surface area contributed by atoms with Gasteiger partial charge in [-0.2, -0.15) is 0 Å². The standard InChI is InChI=1S/C18H17F3N4O6S/c1-24-6-7-25(17(24)28)10-11-2-4-14(22-9-11)13-8-12(31-18(19,20)21)3-5-15(13)32(29,30)23-16(26)27/h2-5,8-9,23H,6-7,10H2,1H3,(H,26,27). The molecule has 32 heavy (non-hydrogen) atoms. The van der Waals surface area contributed by atoms with Crippen LogP contribution in [-0.4, -0.2) is 66.9 Å². The number of nitrogens with one attached hydrogen (secondary N) is 1. The monoisotopic (exact) mass is 474 g/mol. The highest BCUT2D eigenvalue weighted by Crippen LogP contribution is 2.32. The van der Waals surface area contributed by atoms with Crippen LogP contribution < -0.4 is 9.46 Å². The number of urea groups is 1. The zero-order valence-electron chi connectivity index (χ0n) is 16.5. The molecule has 1 fully saturated rings. The molecule has 3 amide bonds. The van der Waals surface area contributed by atoms with Gasteiger partial charge in [0.2, 0.25) is 0 Å². The van der Waals surface area contributed by atoms with Crippen LogP contribution >= 0.6 is 0 Å². The van der Waals surface area contributed by atoms with Gasteiger partial charge in [0.05, 0.1) is 10.6 Å². The van der Waals surface area contributed by atoms with Gasteiger partial charge in [-0.25, -0.2) is 22.7 Å². The fourth-order valence-electron chi connectivity index (χ4n) is 3.06. The number of hydrogen-bond acceptors (Lipinski definition) is 6. The molecule has 0 radical (unpaired) electrons. The van der Waals surface area contributed by atoms with Gasteiger partial charge in [-0.1, -0.05) is 6.07 Å². The Morgan fingerprint density at radius 2 is 1.97 bits per heavy atom. The summed E-state index contributed by atoms with van der Waals surface area (Å²) in [7, 11) is -2.97. The molecule has 0 spiro atoms. The number of amides is 3. The van der Waals surface area contributed by atoms with Crippen LogP contribution in [0.5, 0.6) is 5.75 Å². The van der Waals surface area contributed by atoms with E-state index in [1.165, 1.54) is 23.1 Å². The summed E-state index contributed by atoms with van der Waals surface area (Å²) >= 11 is 0. The highest BCUT2D eigenvalue weighted by molar-refractivity contribution is 7.90. The second-order valence-electron chi connectivity index (χ2n) is 6.79. The first-order valence-electron chi connectivity index (χ1n) is 8.96. The van der Waals surface area contributed by atoms with Gasteiger partial charge in [0.1, 0.15) is 5.75 Å². The van der Waals surface area contributed by atoms with E-state index in [9.17, 15) is 31.2 Å². The molecule has 2 aromatic rings. The average Bonchev–Trinajstić information content (AvgIpc) is 2.98. The third kappa shape index (κ3) is 5.38. The van der Waals surface area contributed by atoms with E-state index in [-0.39, 0.29) is 23.8 Å². The Balaban J connectivity index is 1.97. The van der Waals surface area contributed by atoms with Crippen LogP contribution in [0.25, 0.3) is 11.3 Å². The number of nitrogens with zero attached hydrogens (tertiary/aromatic N) is 3. The van der Waals surface area contributed by atoms with Crippen LogP contribution in [0.1, 0.15) is 5.56 Å². The summed E-state index contributed by atoms with van der Waals surface area (Å²) in [6.07, 6.45) is -5.54. The molecule has 0 aliphatic carbocycles. The van der Waals surface area contributed by atoms with Crippen molar-refractivity contribution in [3.05, 3.63) is 42.1 Å². The van der Waals surface area contributed by atoms with Gasteiger partial charge < -0.3 is 19.6 Å². The summed E-state index contributed by atoms with van der Waals surface area (Å²) in [5.74, 6) is -0.710. The van der Waals surface area contributed by atoms with Crippen molar-refractivity contribution in [2.75, 3.05) is 20.1 Å². The van der Waals surface area contributed by atoms with Gasteiger partial charge >= 0.3 is 18.5 Å². The Morgan fingerprint density at radius 3 is 2.50 bits per heavy atom. The van der Waals surface area contributed by atoms with Crippen molar-refractivity contribution in [2.45, 2.75) is 17.8 Å². The van der Waals surface area contributed by atoms with Crippen LogP contribution in [-0.2, 0) is 16.6 Å². The summed E-state index contributed by atoms with van der Waals surface area (Å²) in [5, 5.41) is 8.78. The summed E-state index contributed by atoms with van der Waals surface area (Å²) in [6.45, 7) is 1.31. The Morgan fingerprint density at radius 1 is 1.25 bits per heavy atom. The van der Waals surface area contributed by atoms with E-state index in [1.54, 1.807) is 16.8 Å². The lowest BCUT2D eigenvalue weighted by Crippen LogP contribution is -2.29. The molecule has 172 valence electrons. The third-order valence-corrected chi connectivity index (χ3v) is 5.85. The molecular formula is C18H17F3N4O6S. The minimum atomic E-state index is -5.02. The van der Waals surface area contributed by atoms with Crippen molar-refractivity contribution in [3.8, 4) is 17.0 Å². The molecule has 10 nitrogen and oxygen atoms in total. The lowest BCUT2D eigenvalue weighted by Gasteiger charge is -2.16. The first-order chi connectivity index (χ1) is 14.9. The summed E-state index contributed by atoms with van der Waals surface area (Å²) in [6, 6.07) is 5.05. The van der Waals surface area contributed by atoms with E-state index >= 15 is 0 Å². The predicted molar refractivity (Wildman–Crippen MR) is 103 cm³/mol. The second kappa shape index (κ2) is 8.53. The van der Waals surface area contributed by atoms with Gasteiger partial charge in [-0.15, -0.1) is 13.2 Å². The van der Waals surface area contributed by atoms with Gasteiger partial charge in [0, 0.05) is 38.4 Å². The van der Waals surface area contributed by atoms with Gasteiger partial charge in [-0.05, 0) is 29.8 Å². The van der Waals surface area contributed by atoms with Crippen LogP contribution in [0.4, 0.5) is 22.8 Å². The van der Waals surface area contributed by atoms with Crippen molar-refractivity contribution < 1.29 is 41.0 Å². The molecule has 1 aliphatic rings. The molecule has 14 heteroatoms. The zero-order chi connectivity index (χ0) is 23.7. The maximum absolute atomic E-state index is 12.6. The average molecular weight is 474 g/mol. The third-order valence-electron chi connectivity index (χ3n) is 4.47. The topological polar surface area (TPSA) is 129 Å². The lowest BCUT2D eigenvalue weighted by atomic mass is 10.1. The van der Waals surface area contributed by atoms with Crippen LogP contribution in [0.3, 0.4) is 0 Å².